The van der Waals surface area contributed by atoms with Crippen molar-refractivity contribution >= 4 is 52.0 Å². The summed E-state index contributed by atoms with van der Waals surface area (Å²) in [7, 11) is -1.17. The fraction of sp³-hybridized carbons (Fsp3) is 0. The summed E-state index contributed by atoms with van der Waals surface area (Å²) >= 11 is 11.7. The lowest BCUT2D eigenvalue weighted by Gasteiger charge is -2.07. The maximum atomic E-state index is 12.6. The third-order valence-electron chi connectivity index (χ3n) is 3.77. The van der Waals surface area contributed by atoms with Crippen molar-refractivity contribution in [3.63, 3.8) is 0 Å². The number of amides is 2. The number of halogens is 2. The molecule has 0 aliphatic heterocycles. The number of nitrogens with one attached hydrogen (secondary N) is 1. The molecule has 3 aromatic carbocycles. The van der Waals surface area contributed by atoms with Crippen molar-refractivity contribution in [1.82, 2.24) is 4.72 Å². The SMILES string of the molecule is O=C(N=S(/C=C/c1ccccc1)NC(=O)c1ccc(Cl)cc1)c1ccc(Cl)cc1. The van der Waals surface area contributed by atoms with Crippen molar-refractivity contribution in [1.29, 1.82) is 0 Å². The molecule has 1 atom stereocenters. The molecular weight excluding hydrogens is 427 g/mol. The summed E-state index contributed by atoms with van der Waals surface area (Å²) in [5.41, 5.74) is 1.75. The van der Waals surface area contributed by atoms with E-state index in [0.717, 1.165) is 5.56 Å². The van der Waals surface area contributed by atoms with Crippen LogP contribution >= 0.6 is 23.2 Å². The van der Waals surface area contributed by atoms with Crippen LogP contribution < -0.4 is 4.72 Å². The van der Waals surface area contributed by atoms with E-state index in [4.69, 9.17) is 23.2 Å². The van der Waals surface area contributed by atoms with Gasteiger partial charge in [-0.3, -0.25) is 14.3 Å². The van der Waals surface area contributed by atoms with Crippen molar-refractivity contribution in [3.8, 4) is 0 Å². The highest BCUT2D eigenvalue weighted by atomic mass is 35.5. The van der Waals surface area contributed by atoms with E-state index in [1.165, 1.54) is 0 Å². The van der Waals surface area contributed by atoms with Crippen molar-refractivity contribution < 1.29 is 9.59 Å². The molecule has 2 amide bonds. The lowest BCUT2D eigenvalue weighted by atomic mass is 10.2. The van der Waals surface area contributed by atoms with Crippen LogP contribution in [0.4, 0.5) is 0 Å². The minimum Gasteiger partial charge on any atom is -0.284 e. The Morgan fingerprint density at radius 1 is 0.793 bits per heavy atom. The summed E-state index contributed by atoms with van der Waals surface area (Å²) < 4.78 is 6.96. The molecule has 7 heteroatoms. The summed E-state index contributed by atoms with van der Waals surface area (Å²) in [6.07, 6.45) is 1.81. The van der Waals surface area contributed by atoms with E-state index in [1.54, 1.807) is 53.9 Å². The molecule has 0 aromatic heterocycles. The molecule has 0 aliphatic carbocycles. The van der Waals surface area contributed by atoms with Gasteiger partial charge in [-0.1, -0.05) is 53.5 Å². The highest BCUT2D eigenvalue weighted by Gasteiger charge is 2.10. The second-order valence-corrected chi connectivity index (χ2v) is 8.03. The maximum Gasteiger partial charge on any atom is 0.284 e. The topological polar surface area (TPSA) is 58.5 Å². The first-order valence-electron chi connectivity index (χ1n) is 8.56. The van der Waals surface area contributed by atoms with Crippen LogP contribution in [0.3, 0.4) is 0 Å². The molecule has 1 N–H and O–H groups in total. The fourth-order valence-electron chi connectivity index (χ4n) is 2.28. The molecule has 0 heterocycles. The zero-order valence-corrected chi connectivity index (χ0v) is 17.4. The van der Waals surface area contributed by atoms with E-state index >= 15 is 0 Å². The van der Waals surface area contributed by atoms with Gasteiger partial charge in [0, 0.05) is 37.5 Å². The number of benzene rings is 3. The Kier molecular flexibility index (Phi) is 7.36. The van der Waals surface area contributed by atoms with Gasteiger partial charge in [0.1, 0.15) is 0 Å². The quantitative estimate of drug-likeness (QED) is 0.530. The van der Waals surface area contributed by atoms with Crippen LogP contribution in [0.5, 0.6) is 0 Å². The van der Waals surface area contributed by atoms with E-state index in [1.807, 2.05) is 36.4 Å². The van der Waals surface area contributed by atoms with Crippen LogP contribution in [0, 0.1) is 0 Å². The molecule has 0 radical (unpaired) electrons. The minimum atomic E-state index is -1.17. The normalized spacial score (nSPS) is 12.1. The van der Waals surface area contributed by atoms with Crippen molar-refractivity contribution in [2.45, 2.75) is 0 Å². The van der Waals surface area contributed by atoms with Gasteiger partial charge in [0.15, 0.2) is 0 Å². The number of nitrogens with zero attached hydrogens (tertiary/aromatic N) is 1. The summed E-state index contributed by atoms with van der Waals surface area (Å²) in [5.74, 6) is -0.797. The summed E-state index contributed by atoms with van der Waals surface area (Å²) in [6.45, 7) is 0. The van der Waals surface area contributed by atoms with Crippen LogP contribution in [0.2, 0.25) is 10.0 Å². The Bertz CT molecular complexity index is 1060. The highest BCUT2D eigenvalue weighted by molar-refractivity contribution is 7.89. The first kappa shape index (κ1) is 21.0. The fourth-order valence-corrected chi connectivity index (χ4v) is 3.59. The average Bonchev–Trinajstić information content (AvgIpc) is 2.73. The van der Waals surface area contributed by atoms with Gasteiger partial charge in [0.25, 0.3) is 11.8 Å². The predicted octanol–water partition coefficient (Wildman–Crippen LogP) is 5.95. The standard InChI is InChI=1S/C22H16Cl2N2O2S/c23-19-10-6-17(7-11-19)21(27)25-29(15-14-16-4-2-1-3-5-16)26-22(28)18-8-12-20(24)13-9-18/h1-15H,(H,25,26,27,28)/b15-14+. The zero-order valence-electron chi connectivity index (χ0n) is 15.1. The Balaban J connectivity index is 1.87. The zero-order chi connectivity index (χ0) is 20.6. The van der Waals surface area contributed by atoms with Crippen LogP contribution in [0.25, 0.3) is 6.08 Å². The molecule has 4 nitrogen and oxygen atoms in total. The van der Waals surface area contributed by atoms with Crippen molar-refractivity contribution in [3.05, 3.63) is 111 Å². The van der Waals surface area contributed by atoms with E-state index < -0.39 is 16.8 Å². The molecule has 1 unspecified atom stereocenters. The predicted molar refractivity (Wildman–Crippen MR) is 120 cm³/mol. The number of rotatable bonds is 5. The van der Waals surface area contributed by atoms with Crippen molar-refractivity contribution in [2.24, 2.45) is 4.36 Å². The Hall–Kier alpha value is -2.73. The molecule has 146 valence electrons. The van der Waals surface area contributed by atoms with Crippen LogP contribution in [-0.4, -0.2) is 11.8 Å². The van der Waals surface area contributed by atoms with E-state index in [0.29, 0.717) is 21.2 Å². The van der Waals surface area contributed by atoms with E-state index in [-0.39, 0.29) is 5.91 Å². The highest BCUT2D eigenvalue weighted by Crippen LogP contribution is 2.12. The maximum absolute atomic E-state index is 12.6. The molecule has 0 bridgehead atoms. The Morgan fingerprint density at radius 3 is 1.93 bits per heavy atom. The number of hydrogen-bond donors (Lipinski definition) is 1. The number of hydrogen-bond acceptors (Lipinski definition) is 2. The molecule has 0 spiro atoms. The number of carbonyl (C=O) groups is 2. The molecule has 0 fully saturated rings. The van der Waals surface area contributed by atoms with Crippen LogP contribution in [0.1, 0.15) is 26.3 Å². The van der Waals surface area contributed by atoms with Gasteiger partial charge in [0.2, 0.25) is 0 Å². The van der Waals surface area contributed by atoms with Gasteiger partial charge in [0.05, 0.1) is 0 Å². The minimum absolute atomic E-state index is 0.352. The second-order valence-electron chi connectivity index (χ2n) is 5.87. The summed E-state index contributed by atoms with van der Waals surface area (Å²) in [6, 6.07) is 22.5. The third kappa shape index (κ3) is 6.39. The first-order chi connectivity index (χ1) is 14.0. The molecule has 0 saturated heterocycles. The van der Waals surface area contributed by atoms with Gasteiger partial charge in [-0.15, -0.1) is 0 Å². The average molecular weight is 443 g/mol. The van der Waals surface area contributed by atoms with E-state index in [2.05, 4.69) is 9.08 Å². The number of carbonyl (C=O) groups excluding carboxylic acids is 2. The van der Waals surface area contributed by atoms with Gasteiger partial charge < -0.3 is 0 Å². The second kappa shape index (κ2) is 10.2. The lowest BCUT2D eigenvalue weighted by molar-refractivity contribution is 0.0984. The third-order valence-corrected chi connectivity index (χ3v) is 5.42. The Labute approximate surface area is 181 Å². The van der Waals surface area contributed by atoms with Gasteiger partial charge >= 0.3 is 0 Å². The summed E-state index contributed by atoms with van der Waals surface area (Å²) in [5, 5.41) is 2.75. The summed E-state index contributed by atoms with van der Waals surface area (Å²) in [4.78, 5) is 25.1. The first-order valence-corrected chi connectivity index (χ1v) is 10.6. The largest absolute Gasteiger partial charge is 0.284 e. The molecule has 3 aromatic rings. The molecule has 0 saturated carbocycles. The van der Waals surface area contributed by atoms with Crippen LogP contribution in [0.15, 0.2) is 88.6 Å². The van der Waals surface area contributed by atoms with Crippen LogP contribution in [-0.2, 0) is 10.9 Å². The Morgan fingerprint density at radius 2 is 1.34 bits per heavy atom. The molecule has 3 rings (SSSR count). The van der Waals surface area contributed by atoms with Crippen molar-refractivity contribution in [2.75, 3.05) is 0 Å². The van der Waals surface area contributed by atoms with Gasteiger partial charge in [-0.2, -0.15) is 4.36 Å². The smallest absolute Gasteiger partial charge is 0.284 e. The lowest BCUT2D eigenvalue weighted by Crippen LogP contribution is -2.24. The van der Waals surface area contributed by atoms with Gasteiger partial charge in [-0.25, -0.2) is 0 Å². The molecule has 29 heavy (non-hydrogen) atoms. The van der Waals surface area contributed by atoms with Gasteiger partial charge in [-0.05, 0) is 60.2 Å². The monoisotopic (exact) mass is 442 g/mol. The molecule has 0 aliphatic rings. The molecular formula is C22H16Cl2N2O2S. The van der Waals surface area contributed by atoms with E-state index in [9.17, 15) is 9.59 Å².